The molecule has 0 aromatic heterocycles. The van der Waals surface area contributed by atoms with Crippen molar-refractivity contribution in [2.24, 2.45) is 0 Å². The number of likely N-dealkylation sites (N-methyl/N-ethyl adjacent to an activating group) is 2. The number of aliphatic hydroxyl groups is 1. The summed E-state index contributed by atoms with van der Waals surface area (Å²) in [6.07, 6.45) is 6.63. The zero-order valence-corrected chi connectivity index (χ0v) is 15.6. The first-order chi connectivity index (χ1) is 13.0. The molecular formula is C21H24N2O4. The Balaban J connectivity index is 2.14. The number of nitrogens with one attached hydrogen (secondary N) is 1. The van der Waals surface area contributed by atoms with E-state index in [4.69, 9.17) is 5.11 Å². The van der Waals surface area contributed by atoms with Gasteiger partial charge in [0.05, 0.1) is 0 Å². The maximum atomic E-state index is 12.6. The molecule has 2 rings (SSSR count). The second-order valence-electron chi connectivity index (χ2n) is 6.36. The van der Waals surface area contributed by atoms with Gasteiger partial charge >= 0.3 is 0 Å². The number of rotatable bonds is 5. The van der Waals surface area contributed by atoms with Crippen LogP contribution in [0.3, 0.4) is 0 Å². The van der Waals surface area contributed by atoms with Crippen LogP contribution >= 0.6 is 0 Å². The van der Waals surface area contributed by atoms with Crippen LogP contribution in [0.1, 0.15) is 41.6 Å². The molecule has 27 heavy (non-hydrogen) atoms. The fraction of sp³-hybridized carbons (Fsp3) is 0.381. The van der Waals surface area contributed by atoms with Gasteiger partial charge in [-0.2, -0.15) is 0 Å². The van der Waals surface area contributed by atoms with Crippen molar-refractivity contribution in [2.75, 3.05) is 20.7 Å². The Morgan fingerprint density at radius 1 is 1.19 bits per heavy atom. The van der Waals surface area contributed by atoms with Crippen molar-refractivity contribution >= 4 is 17.6 Å². The Hall–Kier alpha value is -2.91. The Kier molecular flexibility index (Phi) is 7.33. The van der Waals surface area contributed by atoms with Crippen molar-refractivity contribution < 1.29 is 19.5 Å². The molecule has 1 unspecified atom stereocenters. The Morgan fingerprint density at radius 2 is 1.89 bits per heavy atom. The molecule has 1 aliphatic rings. The van der Waals surface area contributed by atoms with Crippen LogP contribution in [0.4, 0.5) is 0 Å². The Labute approximate surface area is 159 Å². The van der Waals surface area contributed by atoms with E-state index < -0.39 is 30.2 Å². The summed E-state index contributed by atoms with van der Waals surface area (Å²) in [7, 11) is 2.73. The minimum atomic E-state index is -1.37. The number of carbonyl (C=O) groups excluding carboxylic acids is 3. The van der Waals surface area contributed by atoms with E-state index in [1.165, 1.54) is 26.9 Å². The third kappa shape index (κ3) is 5.28. The summed E-state index contributed by atoms with van der Waals surface area (Å²) in [5.74, 6) is 4.38. The molecule has 2 N–H and O–H groups in total. The largest absolute Gasteiger partial charge is 0.388 e. The van der Waals surface area contributed by atoms with Gasteiger partial charge in [0.2, 0.25) is 5.91 Å². The van der Waals surface area contributed by atoms with E-state index in [0.717, 1.165) is 28.9 Å². The van der Waals surface area contributed by atoms with E-state index in [-0.39, 0.29) is 0 Å². The quantitative estimate of drug-likeness (QED) is 0.606. The summed E-state index contributed by atoms with van der Waals surface area (Å²) in [5.41, 5.74) is 2.27. The fourth-order valence-electron chi connectivity index (χ4n) is 2.88. The van der Waals surface area contributed by atoms with Gasteiger partial charge in [-0.3, -0.25) is 14.4 Å². The molecule has 0 saturated carbocycles. The van der Waals surface area contributed by atoms with Gasteiger partial charge in [0.1, 0.15) is 6.61 Å². The summed E-state index contributed by atoms with van der Waals surface area (Å²) >= 11 is 0. The van der Waals surface area contributed by atoms with Crippen LogP contribution in [0.5, 0.6) is 0 Å². The van der Waals surface area contributed by atoms with Crippen LogP contribution in [0.2, 0.25) is 0 Å². The molecule has 0 radical (unpaired) electrons. The first kappa shape index (κ1) is 20.4. The first-order valence-electron chi connectivity index (χ1n) is 8.91. The second kappa shape index (κ2) is 9.70. The van der Waals surface area contributed by atoms with Gasteiger partial charge in [0, 0.05) is 25.2 Å². The van der Waals surface area contributed by atoms with Crippen molar-refractivity contribution in [1.82, 2.24) is 10.2 Å². The summed E-state index contributed by atoms with van der Waals surface area (Å²) in [5, 5.41) is 11.4. The minimum absolute atomic E-state index is 0.333. The van der Waals surface area contributed by atoms with Crippen LogP contribution in [0.15, 0.2) is 35.9 Å². The molecule has 0 aliphatic heterocycles. The third-order valence-electron chi connectivity index (χ3n) is 4.45. The summed E-state index contributed by atoms with van der Waals surface area (Å²) < 4.78 is 0. The van der Waals surface area contributed by atoms with Crippen LogP contribution in [0.25, 0.3) is 0 Å². The topological polar surface area (TPSA) is 86.7 Å². The highest BCUT2D eigenvalue weighted by atomic mass is 16.3. The van der Waals surface area contributed by atoms with E-state index in [0.29, 0.717) is 5.56 Å². The molecule has 0 bridgehead atoms. The molecule has 6 heteroatoms. The number of allylic oxidation sites excluding steroid dienone is 2. The lowest BCUT2D eigenvalue weighted by Gasteiger charge is -2.25. The van der Waals surface area contributed by atoms with Crippen molar-refractivity contribution in [3.8, 4) is 11.8 Å². The molecule has 1 aromatic carbocycles. The zero-order chi connectivity index (χ0) is 19.8. The fourth-order valence-corrected chi connectivity index (χ4v) is 2.88. The lowest BCUT2D eigenvalue weighted by Crippen LogP contribution is -2.52. The molecule has 2 amide bonds. The zero-order valence-electron chi connectivity index (χ0n) is 15.6. The van der Waals surface area contributed by atoms with Crippen LogP contribution in [-0.4, -0.2) is 54.3 Å². The highest BCUT2D eigenvalue weighted by Gasteiger charge is 2.32. The highest BCUT2D eigenvalue weighted by molar-refractivity contribution is 6.10. The van der Waals surface area contributed by atoms with E-state index in [9.17, 15) is 14.4 Å². The van der Waals surface area contributed by atoms with Crippen molar-refractivity contribution in [1.29, 1.82) is 0 Å². The van der Waals surface area contributed by atoms with Gasteiger partial charge in [0.25, 0.3) is 5.91 Å². The van der Waals surface area contributed by atoms with Gasteiger partial charge in [-0.05, 0) is 55.5 Å². The van der Waals surface area contributed by atoms with Gasteiger partial charge in [-0.15, -0.1) is 0 Å². The second-order valence-corrected chi connectivity index (χ2v) is 6.36. The van der Waals surface area contributed by atoms with Gasteiger partial charge in [0.15, 0.2) is 11.8 Å². The number of benzene rings is 1. The summed E-state index contributed by atoms with van der Waals surface area (Å²) in [6.45, 7) is -0.819. The van der Waals surface area contributed by atoms with Crippen molar-refractivity contribution in [3.63, 3.8) is 0 Å². The highest BCUT2D eigenvalue weighted by Crippen LogP contribution is 2.16. The van der Waals surface area contributed by atoms with E-state index in [2.05, 4.69) is 23.2 Å². The van der Waals surface area contributed by atoms with Crippen LogP contribution in [0, 0.1) is 11.8 Å². The molecule has 0 fully saturated rings. The summed E-state index contributed by atoms with van der Waals surface area (Å²) in [4.78, 5) is 37.4. The number of aliphatic hydroxyl groups excluding tert-OH is 1. The van der Waals surface area contributed by atoms with E-state index in [1.54, 1.807) is 24.3 Å². The predicted molar refractivity (Wildman–Crippen MR) is 102 cm³/mol. The number of hydrogen-bond donors (Lipinski definition) is 2. The standard InChI is InChI=1S/C21H24N2O4/c1-22-20(26)19(18(25)14-24)23(2)21(27)17-12-10-16(11-13-17)9-8-15-6-4-3-5-7-15/h6,10-13,19,24H,3-5,7,14H2,1-2H3,(H,22,26). The van der Waals surface area contributed by atoms with Gasteiger partial charge in [-0.1, -0.05) is 17.9 Å². The average molecular weight is 368 g/mol. The molecule has 1 aromatic rings. The first-order valence-corrected chi connectivity index (χ1v) is 8.91. The Bertz CT molecular complexity index is 784. The molecular weight excluding hydrogens is 344 g/mol. The lowest BCUT2D eigenvalue weighted by molar-refractivity contribution is -0.135. The number of hydrogen-bond acceptors (Lipinski definition) is 4. The number of amides is 2. The number of ketones is 1. The normalized spacial score (nSPS) is 14.3. The summed E-state index contributed by atoms with van der Waals surface area (Å²) in [6, 6.07) is 5.33. The predicted octanol–water partition coefficient (Wildman–Crippen LogP) is 1.29. The van der Waals surface area contributed by atoms with Crippen LogP contribution in [-0.2, 0) is 9.59 Å². The molecule has 0 spiro atoms. The monoisotopic (exact) mass is 368 g/mol. The maximum absolute atomic E-state index is 12.6. The SMILES string of the molecule is CNC(=O)C(C(=O)CO)N(C)C(=O)c1ccc(C#CC2=CCCCC2)cc1. The molecule has 142 valence electrons. The molecule has 0 heterocycles. The number of Topliss-reactive ketones (excluding diaryl/α,β-unsaturated/α-hetero) is 1. The van der Waals surface area contributed by atoms with Gasteiger partial charge in [-0.25, -0.2) is 0 Å². The lowest BCUT2D eigenvalue weighted by atomic mass is 10.00. The minimum Gasteiger partial charge on any atom is -0.388 e. The molecule has 0 saturated heterocycles. The third-order valence-corrected chi connectivity index (χ3v) is 4.45. The van der Waals surface area contributed by atoms with Crippen LogP contribution < -0.4 is 5.32 Å². The molecule has 1 atom stereocenters. The van der Waals surface area contributed by atoms with Gasteiger partial charge < -0.3 is 15.3 Å². The van der Waals surface area contributed by atoms with E-state index >= 15 is 0 Å². The molecule has 1 aliphatic carbocycles. The number of nitrogens with zero attached hydrogens (tertiary/aromatic N) is 1. The number of carbonyl (C=O) groups is 3. The van der Waals surface area contributed by atoms with Crippen molar-refractivity contribution in [3.05, 3.63) is 47.0 Å². The molecule has 6 nitrogen and oxygen atoms in total. The van der Waals surface area contributed by atoms with E-state index in [1.807, 2.05) is 0 Å². The smallest absolute Gasteiger partial charge is 0.254 e. The maximum Gasteiger partial charge on any atom is 0.254 e. The van der Waals surface area contributed by atoms with Crippen molar-refractivity contribution in [2.45, 2.75) is 31.7 Å². The average Bonchev–Trinajstić information content (AvgIpc) is 2.72. The Morgan fingerprint density at radius 3 is 2.44 bits per heavy atom.